The highest BCUT2D eigenvalue weighted by Gasteiger charge is 2.27. The van der Waals surface area contributed by atoms with Crippen molar-refractivity contribution in [3.8, 4) is 5.75 Å². The predicted molar refractivity (Wildman–Crippen MR) is 133 cm³/mol. The maximum Gasteiger partial charge on any atom is 0.263 e. The molecule has 1 unspecified atom stereocenters. The van der Waals surface area contributed by atoms with Gasteiger partial charge in [0.15, 0.2) is 6.10 Å². The molecule has 2 aromatic rings. The highest BCUT2D eigenvalue weighted by molar-refractivity contribution is 5.93. The number of amides is 2. The van der Waals surface area contributed by atoms with E-state index in [1.165, 1.54) is 5.56 Å². The zero-order valence-electron chi connectivity index (χ0n) is 20.8. The van der Waals surface area contributed by atoms with E-state index in [4.69, 9.17) is 4.74 Å². The van der Waals surface area contributed by atoms with Gasteiger partial charge in [-0.3, -0.25) is 14.5 Å². The van der Waals surface area contributed by atoms with E-state index in [1.54, 1.807) is 6.92 Å². The van der Waals surface area contributed by atoms with E-state index in [1.807, 2.05) is 55.1 Å². The van der Waals surface area contributed by atoms with Gasteiger partial charge in [0.25, 0.3) is 5.91 Å². The van der Waals surface area contributed by atoms with Gasteiger partial charge >= 0.3 is 0 Å². The molecular weight excluding hydrogens is 414 g/mol. The molecule has 1 heterocycles. The zero-order chi connectivity index (χ0) is 24.2. The molecular formula is C27H37N3O3. The van der Waals surface area contributed by atoms with Crippen LogP contribution in [0.25, 0.3) is 0 Å². The molecule has 1 fully saturated rings. The first-order chi connectivity index (χ1) is 15.5. The summed E-state index contributed by atoms with van der Waals surface area (Å²) in [5, 5.41) is 3.04. The van der Waals surface area contributed by atoms with Crippen molar-refractivity contribution < 1.29 is 14.3 Å². The Morgan fingerprint density at radius 1 is 1.00 bits per heavy atom. The molecule has 6 nitrogen and oxygen atoms in total. The van der Waals surface area contributed by atoms with Crippen LogP contribution in [0.2, 0.25) is 0 Å². The van der Waals surface area contributed by atoms with Crippen LogP contribution in [0, 0.1) is 13.8 Å². The van der Waals surface area contributed by atoms with E-state index in [0.717, 1.165) is 16.8 Å². The van der Waals surface area contributed by atoms with Crippen LogP contribution in [0.4, 0.5) is 5.69 Å². The lowest BCUT2D eigenvalue weighted by molar-refractivity contribution is -0.139. The third-order valence-electron chi connectivity index (χ3n) is 6.16. The van der Waals surface area contributed by atoms with Crippen molar-refractivity contribution in [1.29, 1.82) is 0 Å². The van der Waals surface area contributed by atoms with Crippen molar-refractivity contribution in [2.24, 2.45) is 0 Å². The molecule has 3 rings (SSSR count). The highest BCUT2D eigenvalue weighted by Crippen LogP contribution is 2.26. The van der Waals surface area contributed by atoms with Crippen LogP contribution in [-0.2, 0) is 15.0 Å². The Morgan fingerprint density at radius 3 is 2.21 bits per heavy atom. The Hall–Kier alpha value is -2.86. The molecule has 178 valence electrons. The summed E-state index contributed by atoms with van der Waals surface area (Å²) in [6.45, 7) is 15.1. The molecule has 1 N–H and O–H groups in total. The third-order valence-corrected chi connectivity index (χ3v) is 6.16. The lowest BCUT2D eigenvalue weighted by Crippen LogP contribution is -2.53. The standard InChI is InChI=1S/C27H37N3O3/c1-19-9-7-10-20(2)25(19)28-24(31)18-29-13-15-30(16-14-29)26(32)21(3)33-23-12-8-11-22(17-23)27(4,5)6/h7-12,17,21H,13-16,18H2,1-6H3,(H,28,31). The van der Waals surface area contributed by atoms with Crippen LogP contribution in [0.5, 0.6) is 5.75 Å². The number of carbonyl (C=O) groups is 2. The summed E-state index contributed by atoms with van der Waals surface area (Å²) in [4.78, 5) is 29.4. The Kier molecular flexibility index (Phi) is 7.80. The largest absolute Gasteiger partial charge is 0.481 e. The maximum atomic E-state index is 12.9. The molecule has 0 bridgehead atoms. The Morgan fingerprint density at radius 2 is 1.61 bits per heavy atom. The van der Waals surface area contributed by atoms with Crippen molar-refractivity contribution in [1.82, 2.24) is 9.80 Å². The van der Waals surface area contributed by atoms with Crippen LogP contribution in [0.1, 0.15) is 44.4 Å². The average Bonchev–Trinajstić information content (AvgIpc) is 2.76. The minimum Gasteiger partial charge on any atom is -0.481 e. The molecule has 6 heteroatoms. The third kappa shape index (κ3) is 6.57. The molecule has 1 aliphatic heterocycles. The molecule has 0 aromatic heterocycles. The number of carbonyl (C=O) groups excluding carboxylic acids is 2. The Bertz CT molecular complexity index is 968. The van der Waals surface area contributed by atoms with Gasteiger partial charge < -0.3 is 15.0 Å². The van der Waals surface area contributed by atoms with Crippen LogP contribution < -0.4 is 10.1 Å². The SMILES string of the molecule is Cc1cccc(C)c1NC(=O)CN1CCN(C(=O)C(C)Oc2cccc(C(C)(C)C)c2)CC1. The second kappa shape index (κ2) is 10.4. The molecule has 0 aliphatic carbocycles. The number of piperazine rings is 1. The Balaban J connectivity index is 1.49. The van der Waals surface area contributed by atoms with Gasteiger partial charge in [0, 0.05) is 31.9 Å². The van der Waals surface area contributed by atoms with E-state index in [0.29, 0.717) is 38.5 Å². The Labute approximate surface area is 197 Å². The summed E-state index contributed by atoms with van der Waals surface area (Å²) in [6.07, 6.45) is -0.556. The van der Waals surface area contributed by atoms with Crippen LogP contribution in [0.15, 0.2) is 42.5 Å². The first-order valence-electron chi connectivity index (χ1n) is 11.7. The van der Waals surface area contributed by atoms with Gasteiger partial charge in [-0.25, -0.2) is 0 Å². The summed E-state index contributed by atoms with van der Waals surface area (Å²) in [5.41, 5.74) is 4.19. The second-order valence-electron chi connectivity index (χ2n) is 9.95. The van der Waals surface area contributed by atoms with Gasteiger partial charge in [-0.2, -0.15) is 0 Å². The van der Waals surface area contributed by atoms with Crippen molar-refractivity contribution in [2.75, 3.05) is 38.0 Å². The van der Waals surface area contributed by atoms with E-state index in [-0.39, 0.29) is 17.2 Å². The van der Waals surface area contributed by atoms with Gasteiger partial charge in [-0.15, -0.1) is 0 Å². The quantitative estimate of drug-likeness (QED) is 0.717. The average molecular weight is 452 g/mol. The van der Waals surface area contributed by atoms with Crippen molar-refractivity contribution >= 4 is 17.5 Å². The number of ether oxygens (including phenoxy) is 1. The predicted octanol–water partition coefficient (Wildman–Crippen LogP) is 4.15. The number of aryl methyl sites for hydroxylation is 2. The van der Waals surface area contributed by atoms with Crippen LogP contribution in [0.3, 0.4) is 0 Å². The molecule has 0 radical (unpaired) electrons. The minimum absolute atomic E-state index is 0.0178. The number of benzene rings is 2. The molecule has 0 spiro atoms. The van der Waals surface area contributed by atoms with Gasteiger partial charge in [-0.1, -0.05) is 51.1 Å². The number of nitrogens with one attached hydrogen (secondary N) is 1. The molecule has 2 aromatic carbocycles. The molecule has 33 heavy (non-hydrogen) atoms. The summed E-state index contributed by atoms with van der Waals surface area (Å²) >= 11 is 0. The fourth-order valence-corrected chi connectivity index (χ4v) is 4.07. The fourth-order valence-electron chi connectivity index (χ4n) is 4.07. The normalized spacial score (nSPS) is 15.8. The summed E-state index contributed by atoms with van der Waals surface area (Å²) in [6, 6.07) is 13.9. The minimum atomic E-state index is -0.556. The first kappa shape index (κ1) is 24.8. The van der Waals surface area contributed by atoms with Gasteiger partial charge in [0.05, 0.1) is 6.54 Å². The van der Waals surface area contributed by atoms with Gasteiger partial charge in [0.1, 0.15) is 5.75 Å². The number of rotatable bonds is 6. The molecule has 1 aliphatic rings. The van der Waals surface area contributed by atoms with Crippen LogP contribution in [-0.4, -0.2) is 60.4 Å². The molecule has 1 saturated heterocycles. The summed E-state index contributed by atoms with van der Waals surface area (Å²) in [7, 11) is 0. The summed E-state index contributed by atoms with van der Waals surface area (Å²) in [5.74, 6) is 0.670. The van der Waals surface area contributed by atoms with Crippen molar-refractivity contribution in [2.45, 2.75) is 53.1 Å². The monoisotopic (exact) mass is 451 g/mol. The van der Waals surface area contributed by atoms with Crippen molar-refractivity contribution in [3.63, 3.8) is 0 Å². The molecule has 2 amide bonds. The van der Waals surface area contributed by atoms with E-state index in [9.17, 15) is 9.59 Å². The number of anilines is 1. The maximum absolute atomic E-state index is 12.9. The van der Waals surface area contributed by atoms with Gasteiger partial charge in [-0.05, 0) is 55.0 Å². The topological polar surface area (TPSA) is 61.9 Å². The highest BCUT2D eigenvalue weighted by atomic mass is 16.5. The lowest BCUT2D eigenvalue weighted by Gasteiger charge is -2.35. The molecule has 1 atom stereocenters. The summed E-state index contributed by atoms with van der Waals surface area (Å²) < 4.78 is 5.98. The second-order valence-corrected chi connectivity index (χ2v) is 9.95. The van der Waals surface area contributed by atoms with E-state index < -0.39 is 6.10 Å². The lowest BCUT2D eigenvalue weighted by atomic mass is 9.87. The van der Waals surface area contributed by atoms with E-state index in [2.05, 4.69) is 37.1 Å². The first-order valence-corrected chi connectivity index (χ1v) is 11.7. The number of para-hydroxylation sites is 1. The van der Waals surface area contributed by atoms with Crippen LogP contribution >= 0.6 is 0 Å². The fraction of sp³-hybridized carbons (Fsp3) is 0.481. The van der Waals surface area contributed by atoms with Crippen molar-refractivity contribution in [3.05, 3.63) is 59.2 Å². The van der Waals surface area contributed by atoms with E-state index >= 15 is 0 Å². The van der Waals surface area contributed by atoms with Gasteiger partial charge in [0.2, 0.25) is 5.91 Å². The number of hydrogen-bond donors (Lipinski definition) is 1. The smallest absolute Gasteiger partial charge is 0.263 e. The molecule has 0 saturated carbocycles. The number of hydrogen-bond acceptors (Lipinski definition) is 4. The number of nitrogens with zero attached hydrogens (tertiary/aromatic N) is 2. The zero-order valence-corrected chi connectivity index (χ0v) is 20.8.